The van der Waals surface area contributed by atoms with Crippen molar-refractivity contribution in [2.45, 2.75) is 50.0 Å². The molecule has 0 spiro atoms. The Hall–Kier alpha value is -1.04. The van der Waals surface area contributed by atoms with Crippen molar-refractivity contribution in [1.82, 2.24) is 0 Å². The number of fused-ring (bicyclic) bond motifs is 1. The number of rotatable bonds is 6. The Morgan fingerprint density at radius 3 is 2.50 bits per heavy atom. The molecule has 0 unspecified atom stereocenters. The predicted molar refractivity (Wildman–Crippen MR) is 86.4 cm³/mol. The second kappa shape index (κ2) is 8.32. The van der Waals surface area contributed by atoms with E-state index in [1.807, 2.05) is 19.1 Å². The summed E-state index contributed by atoms with van der Waals surface area (Å²) in [7, 11) is 0. The normalized spacial score (nSPS) is 45.2. The fraction of sp³-hybridized carbons (Fsp3) is 0.765. The maximum atomic E-state index is 10.1. The van der Waals surface area contributed by atoms with Crippen LogP contribution in [-0.4, -0.2) is 88.5 Å². The molecule has 3 aliphatic rings. The van der Waals surface area contributed by atoms with Gasteiger partial charge >= 0.3 is 0 Å². The summed E-state index contributed by atoms with van der Waals surface area (Å²) in [6, 6.07) is 0. The summed E-state index contributed by atoms with van der Waals surface area (Å²) in [5.41, 5.74) is 0.687. The smallest absolute Gasteiger partial charge is 0.209 e. The zero-order valence-electron chi connectivity index (χ0n) is 14.4. The SMILES string of the molecule is CCO[C@H]1C=C(CO)[C@H]2[C@H](O[C@@H]3O[C@H](CO)[C@@H](O)[C@H](O)[C@H]3O)OC=C[C@H]21. The van der Waals surface area contributed by atoms with Crippen molar-refractivity contribution >= 4 is 0 Å². The van der Waals surface area contributed by atoms with E-state index in [-0.39, 0.29) is 24.5 Å². The second-order valence-corrected chi connectivity index (χ2v) is 6.59. The summed E-state index contributed by atoms with van der Waals surface area (Å²) in [5, 5.41) is 48.9. The van der Waals surface area contributed by atoms with E-state index >= 15 is 0 Å². The first-order chi connectivity index (χ1) is 12.5. The van der Waals surface area contributed by atoms with Gasteiger partial charge in [-0.1, -0.05) is 6.08 Å². The standard InChI is InChI=1S/C17H26O9/c1-2-23-10-5-8(6-18)12-9(10)3-4-24-16(12)26-17-15(22)14(21)13(20)11(7-19)25-17/h3-5,9-22H,2,6-7H2,1H3/t9-,10-,11+,12+,13+,14-,15+,16-,17-/m0/s1. The van der Waals surface area contributed by atoms with Crippen LogP contribution in [0.4, 0.5) is 0 Å². The zero-order valence-corrected chi connectivity index (χ0v) is 14.4. The molecule has 148 valence electrons. The molecule has 9 atom stereocenters. The van der Waals surface area contributed by atoms with Crippen LogP contribution in [-0.2, 0) is 18.9 Å². The van der Waals surface area contributed by atoms with Gasteiger partial charge in [0.15, 0.2) is 6.29 Å². The first-order valence-electron chi connectivity index (χ1n) is 8.73. The molecule has 0 aromatic heterocycles. The molecule has 9 nitrogen and oxygen atoms in total. The van der Waals surface area contributed by atoms with Crippen molar-refractivity contribution < 1.29 is 44.5 Å². The first kappa shape index (κ1) is 19.7. The molecular weight excluding hydrogens is 348 g/mol. The van der Waals surface area contributed by atoms with Crippen molar-refractivity contribution in [3.05, 3.63) is 24.0 Å². The van der Waals surface area contributed by atoms with Crippen molar-refractivity contribution in [1.29, 1.82) is 0 Å². The van der Waals surface area contributed by atoms with Crippen molar-refractivity contribution in [3.63, 3.8) is 0 Å². The Morgan fingerprint density at radius 2 is 1.85 bits per heavy atom. The van der Waals surface area contributed by atoms with Gasteiger partial charge in [-0.2, -0.15) is 0 Å². The fourth-order valence-electron chi connectivity index (χ4n) is 3.71. The van der Waals surface area contributed by atoms with Crippen LogP contribution >= 0.6 is 0 Å². The Morgan fingerprint density at radius 1 is 1.08 bits per heavy atom. The molecule has 2 aliphatic heterocycles. The largest absolute Gasteiger partial charge is 0.472 e. The third-order valence-electron chi connectivity index (χ3n) is 5.07. The quantitative estimate of drug-likeness (QED) is 0.342. The number of aliphatic hydroxyl groups is 5. The lowest BCUT2D eigenvalue weighted by Crippen LogP contribution is -2.60. The van der Waals surface area contributed by atoms with E-state index in [9.17, 15) is 25.5 Å². The lowest BCUT2D eigenvalue weighted by atomic mass is 9.88. The number of hydrogen-bond acceptors (Lipinski definition) is 9. The molecule has 0 saturated carbocycles. The molecule has 26 heavy (non-hydrogen) atoms. The highest BCUT2D eigenvalue weighted by Gasteiger charge is 2.49. The molecule has 0 amide bonds. The number of aliphatic hydroxyl groups excluding tert-OH is 5. The molecule has 2 heterocycles. The molecule has 0 aromatic rings. The Kier molecular flexibility index (Phi) is 6.31. The van der Waals surface area contributed by atoms with Gasteiger partial charge in [0.25, 0.3) is 0 Å². The van der Waals surface area contributed by atoms with Gasteiger partial charge in [0.1, 0.15) is 24.4 Å². The van der Waals surface area contributed by atoms with Crippen LogP contribution in [0.3, 0.4) is 0 Å². The van der Waals surface area contributed by atoms with Gasteiger partial charge in [-0.25, -0.2) is 0 Å². The Balaban J connectivity index is 1.75. The first-order valence-corrected chi connectivity index (χ1v) is 8.73. The third kappa shape index (κ3) is 3.54. The molecular formula is C17H26O9. The fourth-order valence-corrected chi connectivity index (χ4v) is 3.71. The summed E-state index contributed by atoms with van der Waals surface area (Å²) in [6.07, 6.45) is -2.89. The predicted octanol–water partition coefficient (Wildman–Crippen LogP) is -1.76. The lowest BCUT2D eigenvalue weighted by molar-refractivity contribution is -0.339. The molecule has 1 aliphatic carbocycles. The number of ether oxygens (including phenoxy) is 4. The molecule has 1 saturated heterocycles. The summed E-state index contributed by atoms with van der Waals surface area (Å²) >= 11 is 0. The summed E-state index contributed by atoms with van der Waals surface area (Å²) in [6.45, 7) is 1.65. The topological polar surface area (TPSA) is 138 Å². The monoisotopic (exact) mass is 374 g/mol. The summed E-state index contributed by atoms with van der Waals surface area (Å²) in [4.78, 5) is 0. The van der Waals surface area contributed by atoms with Crippen LogP contribution in [0, 0.1) is 11.8 Å². The van der Waals surface area contributed by atoms with E-state index in [1.165, 1.54) is 6.26 Å². The van der Waals surface area contributed by atoms with E-state index < -0.39 is 43.6 Å². The molecule has 1 fully saturated rings. The molecule has 3 rings (SSSR count). The van der Waals surface area contributed by atoms with Crippen LogP contribution in [0.15, 0.2) is 24.0 Å². The highest BCUT2D eigenvalue weighted by molar-refractivity contribution is 5.26. The minimum Gasteiger partial charge on any atom is -0.472 e. The van der Waals surface area contributed by atoms with E-state index in [2.05, 4.69) is 0 Å². The zero-order chi connectivity index (χ0) is 18.8. The van der Waals surface area contributed by atoms with Gasteiger partial charge in [-0.05, 0) is 18.6 Å². The third-order valence-corrected chi connectivity index (χ3v) is 5.07. The lowest BCUT2D eigenvalue weighted by Gasteiger charge is -2.42. The van der Waals surface area contributed by atoms with Crippen LogP contribution in [0.5, 0.6) is 0 Å². The molecule has 0 bridgehead atoms. The van der Waals surface area contributed by atoms with Gasteiger partial charge in [0, 0.05) is 12.5 Å². The highest BCUT2D eigenvalue weighted by atomic mass is 16.8. The molecule has 0 radical (unpaired) electrons. The minimum absolute atomic E-state index is 0.110. The van der Waals surface area contributed by atoms with Crippen LogP contribution in [0.1, 0.15) is 6.92 Å². The van der Waals surface area contributed by atoms with Crippen molar-refractivity contribution in [2.24, 2.45) is 11.8 Å². The summed E-state index contributed by atoms with van der Waals surface area (Å²) in [5.74, 6) is -0.463. The summed E-state index contributed by atoms with van der Waals surface area (Å²) < 4.78 is 22.3. The molecule has 0 aromatic carbocycles. The van der Waals surface area contributed by atoms with Gasteiger partial charge < -0.3 is 44.5 Å². The van der Waals surface area contributed by atoms with E-state index in [0.717, 1.165) is 0 Å². The van der Waals surface area contributed by atoms with Crippen molar-refractivity contribution in [3.8, 4) is 0 Å². The van der Waals surface area contributed by atoms with E-state index in [4.69, 9.17) is 18.9 Å². The van der Waals surface area contributed by atoms with Gasteiger partial charge in [0.2, 0.25) is 6.29 Å². The maximum absolute atomic E-state index is 10.1. The number of hydrogen-bond donors (Lipinski definition) is 5. The molecule has 9 heteroatoms. The van der Waals surface area contributed by atoms with Crippen LogP contribution < -0.4 is 0 Å². The van der Waals surface area contributed by atoms with Gasteiger partial charge in [-0.15, -0.1) is 0 Å². The average Bonchev–Trinajstić information content (AvgIpc) is 3.01. The van der Waals surface area contributed by atoms with Crippen LogP contribution in [0.25, 0.3) is 0 Å². The van der Waals surface area contributed by atoms with Gasteiger partial charge in [0.05, 0.1) is 31.5 Å². The van der Waals surface area contributed by atoms with Gasteiger partial charge in [-0.3, -0.25) is 0 Å². The van der Waals surface area contributed by atoms with Crippen LogP contribution in [0.2, 0.25) is 0 Å². The maximum Gasteiger partial charge on any atom is 0.209 e. The molecule has 5 N–H and O–H groups in total. The van der Waals surface area contributed by atoms with E-state index in [0.29, 0.717) is 12.2 Å². The average molecular weight is 374 g/mol. The minimum atomic E-state index is -1.53. The highest BCUT2D eigenvalue weighted by Crippen LogP contribution is 2.42. The Labute approximate surface area is 151 Å². The van der Waals surface area contributed by atoms with E-state index in [1.54, 1.807) is 0 Å². The second-order valence-electron chi connectivity index (χ2n) is 6.59. The Bertz CT molecular complexity index is 534. The van der Waals surface area contributed by atoms with Crippen molar-refractivity contribution in [2.75, 3.05) is 19.8 Å².